The summed E-state index contributed by atoms with van der Waals surface area (Å²) in [5.41, 5.74) is -0.930. The first kappa shape index (κ1) is 23.3. The zero-order chi connectivity index (χ0) is 22.8. The van der Waals surface area contributed by atoms with Crippen LogP contribution in [0.5, 0.6) is 0 Å². The van der Waals surface area contributed by atoms with Crippen LogP contribution in [0.2, 0.25) is 5.02 Å². The van der Waals surface area contributed by atoms with Crippen LogP contribution in [0.25, 0.3) is 0 Å². The molecule has 1 N–H and O–H groups in total. The summed E-state index contributed by atoms with van der Waals surface area (Å²) in [4.78, 5) is 13.6. The van der Waals surface area contributed by atoms with Crippen LogP contribution in [0.3, 0.4) is 0 Å². The summed E-state index contributed by atoms with van der Waals surface area (Å²) in [6.07, 6.45) is -4.62. The normalized spacial score (nSPS) is 15.7. The highest BCUT2D eigenvalue weighted by Crippen LogP contribution is 2.36. The van der Waals surface area contributed by atoms with Crippen molar-refractivity contribution in [1.29, 1.82) is 0 Å². The quantitative estimate of drug-likeness (QED) is 0.667. The maximum atomic E-state index is 13.4. The van der Waals surface area contributed by atoms with Crippen molar-refractivity contribution in [3.05, 3.63) is 58.9 Å². The van der Waals surface area contributed by atoms with E-state index in [1.54, 1.807) is 0 Å². The minimum Gasteiger partial charge on any atom is -0.376 e. The van der Waals surface area contributed by atoms with E-state index >= 15 is 0 Å². The number of hydrogen-bond acceptors (Lipinski definition) is 4. The zero-order valence-electron chi connectivity index (χ0n) is 16.0. The number of alkyl halides is 3. The molecule has 1 amide bonds. The lowest BCUT2D eigenvalue weighted by Crippen LogP contribution is -2.51. The Labute approximate surface area is 181 Å². The molecule has 31 heavy (non-hydrogen) atoms. The molecule has 12 heteroatoms. The van der Waals surface area contributed by atoms with Crippen molar-refractivity contribution in [2.75, 3.05) is 38.0 Å². The fraction of sp³-hybridized carbons (Fsp3) is 0.316. The third kappa shape index (κ3) is 5.46. The predicted octanol–water partition coefficient (Wildman–Crippen LogP) is 3.44. The molecular formula is C19H18ClF4N3O3S. The Morgan fingerprint density at radius 1 is 1.06 bits per heavy atom. The van der Waals surface area contributed by atoms with Crippen molar-refractivity contribution >= 4 is 33.2 Å². The molecule has 0 atom stereocenters. The summed E-state index contributed by atoms with van der Waals surface area (Å²) >= 11 is 5.57. The molecule has 2 aromatic rings. The number of benzene rings is 2. The number of piperazine rings is 1. The van der Waals surface area contributed by atoms with Crippen LogP contribution in [-0.2, 0) is 21.0 Å². The number of anilines is 1. The van der Waals surface area contributed by atoms with Crippen LogP contribution < -0.4 is 5.32 Å². The molecule has 1 heterocycles. The molecule has 0 radical (unpaired) electrons. The molecule has 1 fully saturated rings. The summed E-state index contributed by atoms with van der Waals surface area (Å²) in [5, 5.41) is 2.19. The summed E-state index contributed by atoms with van der Waals surface area (Å²) in [7, 11) is -3.89. The van der Waals surface area contributed by atoms with Gasteiger partial charge in [-0.1, -0.05) is 17.7 Å². The Hall–Kier alpha value is -2.37. The third-order valence-corrected chi connectivity index (χ3v) is 6.96. The van der Waals surface area contributed by atoms with E-state index in [0.29, 0.717) is 0 Å². The van der Waals surface area contributed by atoms with Crippen molar-refractivity contribution in [3.8, 4) is 0 Å². The van der Waals surface area contributed by atoms with Crippen LogP contribution >= 0.6 is 11.6 Å². The van der Waals surface area contributed by atoms with Gasteiger partial charge in [0.15, 0.2) is 0 Å². The van der Waals surface area contributed by atoms with Crippen molar-refractivity contribution in [3.63, 3.8) is 0 Å². The van der Waals surface area contributed by atoms with Crippen LogP contribution in [0.15, 0.2) is 47.4 Å². The van der Waals surface area contributed by atoms with E-state index in [1.165, 1.54) is 23.1 Å². The van der Waals surface area contributed by atoms with E-state index in [9.17, 15) is 30.8 Å². The molecule has 2 aromatic carbocycles. The maximum Gasteiger partial charge on any atom is 0.417 e. The van der Waals surface area contributed by atoms with Gasteiger partial charge in [-0.05, 0) is 36.4 Å². The van der Waals surface area contributed by atoms with Crippen molar-refractivity contribution in [2.24, 2.45) is 0 Å². The minimum atomic E-state index is -4.62. The molecule has 0 aliphatic carbocycles. The number of rotatable bonds is 5. The average Bonchev–Trinajstić information content (AvgIpc) is 2.72. The van der Waals surface area contributed by atoms with Gasteiger partial charge in [0.25, 0.3) is 0 Å². The molecule has 3 rings (SSSR count). The fourth-order valence-electron chi connectivity index (χ4n) is 3.10. The summed E-state index contributed by atoms with van der Waals surface area (Å²) in [5.74, 6) is -1.07. The highest BCUT2D eigenvalue weighted by atomic mass is 35.5. The monoisotopic (exact) mass is 479 g/mol. The third-order valence-electron chi connectivity index (χ3n) is 4.74. The van der Waals surface area contributed by atoms with Gasteiger partial charge in [-0.15, -0.1) is 0 Å². The van der Waals surface area contributed by atoms with Gasteiger partial charge >= 0.3 is 6.18 Å². The number of sulfonamides is 1. The molecule has 1 aliphatic rings. The maximum absolute atomic E-state index is 13.4. The first-order valence-corrected chi connectivity index (χ1v) is 10.9. The molecule has 0 bridgehead atoms. The SMILES string of the molecule is O=C(CNc1ccc(Cl)c(C(F)(F)F)c1)N1CCN(S(=O)(=O)c2cccc(F)c2)CC1. The topological polar surface area (TPSA) is 69.7 Å². The van der Waals surface area contributed by atoms with Crippen LogP contribution in [-0.4, -0.2) is 56.3 Å². The number of amides is 1. The van der Waals surface area contributed by atoms with Gasteiger partial charge in [-0.2, -0.15) is 17.5 Å². The number of halogens is 5. The van der Waals surface area contributed by atoms with E-state index in [2.05, 4.69) is 5.32 Å². The molecule has 168 valence electrons. The molecule has 0 aromatic heterocycles. The Bertz CT molecular complexity index is 1070. The van der Waals surface area contributed by atoms with Crippen molar-refractivity contribution in [2.45, 2.75) is 11.1 Å². The highest BCUT2D eigenvalue weighted by molar-refractivity contribution is 7.89. The average molecular weight is 480 g/mol. The second-order valence-corrected chi connectivity index (χ2v) is 9.13. The second-order valence-electron chi connectivity index (χ2n) is 6.79. The smallest absolute Gasteiger partial charge is 0.376 e. The lowest BCUT2D eigenvalue weighted by atomic mass is 10.2. The number of carbonyl (C=O) groups excluding carboxylic acids is 1. The van der Waals surface area contributed by atoms with E-state index in [1.807, 2.05) is 0 Å². The van der Waals surface area contributed by atoms with Crippen molar-refractivity contribution < 1.29 is 30.8 Å². The van der Waals surface area contributed by atoms with Gasteiger partial charge in [0.2, 0.25) is 15.9 Å². The Morgan fingerprint density at radius 3 is 2.35 bits per heavy atom. The first-order chi connectivity index (χ1) is 14.5. The largest absolute Gasteiger partial charge is 0.417 e. The van der Waals surface area contributed by atoms with E-state index in [4.69, 9.17) is 11.6 Å². The first-order valence-electron chi connectivity index (χ1n) is 9.12. The molecule has 0 unspecified atom stereocenters. The minimum absolute atomic E-state index is 0.0176. The number of hydrogen-bond donors (Lipinski definition) is 1. The van der Waals surface area contributed by atoms with Crippen LogP contribution in [0, 0.1) is 5.82 Å². The predicted molar refractivity (Wildman–Crippen MR) is 107 cm³/mol. The highest BCUT2D eigenvalue weighted by Gasteiger charge is 2.33. The van der Waals surface area contributed by atoms with E-state index in [-0.39, 0.29) is 43.3 Å². The molecule has 1 aliphatic heterocycles. The summed E-state index contributed by atoms with van der Waals surface area (Å²) < 4.78 is 78.5. The molecular weight excluding hydrogens is 462 g/mol. The number of nitrogens with one attached hydrogen (secondary N) is 1. The summed E-state index contributed by atoms with van der Waals surface area (Å²) in [6.45, 7) is -0.0317. The molecule has 0 spiro atoms. The standard InChI is InChI=1S/C19H18ClF4N3O3S/c20-17-5-4-14(11-16(17)19(22,23)24)25-12-18(28)26-6-8-27(9-7-26)31(29,30)15-3-1-2-13(21)10-15/h1-5,10-11,25H,6-9,12H2. The van der Waals surface area contributed by atoms with Gasteiger partial charge in [0.05, 0.1) is 22.0 Å². The number of nitrogens with zero attached hydrogens (tertiary/aromatic N) is 2. The van der Waals surface area contributed by atoms with Crippen molar-refractivity contribution in [1.82, 2.24) is 9.21 Å². The van der Waals surface area contributed by atoms with Gasteiger partial charge in [-0.3, -0.25) is 4.79 Å². The lowest BCUT2D eigenvalue weighted by Gasteiger charge is -2.34. The Balaban J connectivity index is 1.57. The van der Waals surface area contributed by atoms with Gasteiger partial charge in [0, 0.05) is 31.9 Å². The zero-order valence-corrected chi connectivity index (χ0v) is 17.6. The van der Waals surface area contributed by atoms with Crippen LogP contribution in [0.4, 0.5) is 23.2 Å². The second kappa shape index (κ2) is 9.01. The van der Waals surface area contributed by atoms with E-state index < -0.39 is 38.5 Å². The Kier molecular flexibility index (Phi) is 6.77. The summed E-state index contributed by atoms with van der Waals surface area (Å²) in [6, 6.07) is 7.90. The van der Waals surface area contributed by atoms with Gasteiger partial charge < -0.3 is 10.2 Å². The number of carbonyl (C=O) groups is 1. The Morgan fingerprint density at radius 2 is 1.74 bits per heavy atom. The van der Waals surface area contributed by atoms with Crippen LogP contribution in [0.1, 0.15) is 5.56 Å². The van der Waals surface area contributed by atoms with Gasteiger partial charge in [0.1, 0.15) is 5.82 Å². The van der Waals surface area contributed by atoms with E-state index in [0.717, 1.165) is 28.6 Å². The lowest BCUT2D eigenvalue weighted by molar-refractivity contribution is -0.137. The molecule has 1 saturated heterocycles. The molecule has 0 saturated carbocycles. The fourth-order valence-corrected chi connectivity index (χ4v) is 4.78. The van der Waals surface area contributed by atoms with Gasteiger partial charge in [-0.25, -0.2) is 12.8 Å². The molecule has 6 nitrogen and oxygen atoms in total.